The number of aromatic amines is 1. The van der Waals surface area contributed by atoms with Crippen LogP contribution in [-0.4, -0.2) is 21.3 Å². The summed E-state index contributed by atoms with van der Waals surface area (Å²) in [6, 6.07) is 10.9. The maximum absolute atomic E-state index is 13.6. The van der Waals surface area contributed by atoms with Crippen LogP contribution in [0.5, 0.6) is 0 Å². The monoisotopic (exact) mass is 357 g/mol. The van der Waals surface area contributed by atoms with Crippen molar-refractivity contribution in [3.05, 3.63) is 70.9 Å². The highest BCUT2D eigenvalue weighted by molar-refractivity contribution is 5.97. The van der Waals surface area contributed by atoms with Gasteiger partial charge in [0.2, 0.25) is 0 Å². The zero-order valence-electron chi connectivity index (χ0n) is 14.0. The molecule has 2 aromatic carbocycles. The van der Waals surface area contributed by atoms with E-state index in [1.807, 2.05) is 24.3 Å². The van der Waals surface area contributed by atoms with Gasteiger partial charge in [0.1, 0.15) is 11.6 Å². The number of nitrogens with one attached hydrogen (secondary N) is 3. The fraction of sp³-hybridized carbons (Fsp3) is 0.167. The van der Waals surface area contributed by atoms with E-state index in [-0.39, 0.29) is 23.6 Å². The Morgan fingerprint density at radius 1 is 1.12 bits per heavy atom. The highest BCUT2D eigenvalue weighted by atomic mass is 19.1. The molecule has 6 nitrogen and oxygen atoms in total. The summed E-state index contributed by atoms with van der Waals surface area (Å²) in [6.45, 7) is 1.97. The lowest BCUT2D eigenvalue weighted by molar-refractivity contribution is 0.0946. The van der Waals surface area contributed by atoms with Gasteiger partial charge in [0, 0.05) is 23.9 Å². The van der Waals surface area contributed by atoms with Crippen LogP contribution in [0.1, 0.15) is 28.5 Å². The predicted molar refractivity (Wildman–Crippen MR) is 93.0 cm³/mol. The minimum Gasteiger partial charge on any atom is -0.346 e. The van der Waals surface area contributed by atoms with Crippen LogP contribution >= 0.6 is 0 Å². The van der Waals surface area contributed by atoms with Crippen molar-refractivity contribution in [2.75, 3.05) is 5.32 Å². The molecule has 0 fully saturated rings. The molecule has 134 valence electrons. The highest BCUT2D eigenvalue weighted by Crippen LogP contribution is 2.18. The van der Waals surface area contributed by atoms with E-state index in [1.165, 1.54) is 11.6 Å². The van der Waals surface area contributed by atoms with Gasteiger partial charge < -0.3 is 10.6 Å². The molecule has 0 unspecified atom stereocenters. The summed E-state index contributed by atoms with van der Waals surface area (Å²) in [4.78, 5) is 12.3. The fourth-order valence-corrected chi connectivity index (χ4v) is 2.36. The standard InChI is InChI=1S/C18H17F2N5O/c1-2-11-3-7-14(8-4-11)22-17-16(23-25-24-17)18(26)21-10-12-5-6-13(19)9-15(12)20/h3-9H,2,10H2,1H3,(H,21,26)(H2,22,23,24,25). The lowest BCUT2D eigenvalue weighted by atomic mass is 10.1. The number of H-pyrrole nitrogens is 1. The number of aryl methyl sites for hydroxylation is 1. The van der Waals surface area contributed by atoms with Crippen LogP contribution in [0.15, 0.2) is 42.5 Å². The molecule has 26 heavy (non-hydrogen) atoms. The Balaban J connectivity index is 1.67. The Kier molecular flexibility index (Phi) is 5.21. The number of carbonyl (C=O) groups excluding carboxylic acids is 1. The Bertz CT molecular complexity index is 908. The van der Waals surface area contributed by atoms with E-state index < -0.39 is 17.5 Å². The maximum atomic E-state index is 13.6. The second kappa shape index (κ2) is 7.73. The third-order valence-corrected chi connectivity index (χ3v) is 3.84. The smallest absolute Gasteiger partial charge is 0.275 e. The van der Waals surface area contributed by atoms with Gasteiger partial charge in [-0.05, 0) is 30.2 Å². The molecule has 1 aromatic heterocycles. The minimum atomic E-state index is -0.722. The molecular formula is C18H17F2N5O. The minimum absolute atomic E-state index is 0.0482. The molecule has 0 aliphatic heterocycles. The lowest BCUT2D eigenvalue weighted by Crippen LogP contribution is -2.24. The SMILES string of the molecule is CCc1ccc(Nc2n[nH]nc2C(=O)NCc2ccc(F)cc2F)cc1. The molecule has 0 aliphatic rings. The number of halogens is 2. The molecule has 0 radical (unpaired) electrons. The van der Waals surface area contributed by atoms with E-state index in [9.17, 15) is 13.6 Å². The second-order valence-corrected chi connectivity index (χ2v) is 5.61. The summed E-state index contributed by atoms with van der Waals surface area (Å²) in [6.07, 6.45) is 0.928. The number of hydrogen-bond donors (Lipinski definition) is 3. The molecule has 3 rings (SSSR count). The molecule has 0 saturated carbocycles. The summed E-state index contributed by atoms with van der Waals surface area (Å²) in [5.41, 5.74) is 2.17. The number of carbonyl (C=O) groups is 1. The molecular weight excluding hydrogens is 340 g/mol. The summed E-state index contributed by atoms with van der Waals surface area (Å²) >= 11 is 0. The number of benzene rings is 2. The zero-order valence-corrected chi connectivity index (χ0v) is 14.0. The first-order chi connectivity index (χ1) is 12.6. The van der Waals surface area contributed by atoms with Gasteiger partial charge in [0.25, 0.3) is 5.91 Å². The van der Waals surface area contributed by atoms with Gasteiger partial charge in [0.05, 0.1) is 0 Å². The number of hydrogen-bond acceptors (Lipinski definition) is 4. The lowest BCUT2D eigenvalue weighted by Gasteiger charge is -2.07. The first-order valence-electron chi connectivity index (χ1n) is 8.05. The van der Waals surface area contributed by atoms with Gasteiger partial charge in [0.15, 0.2) is 11.5 Å². The molecule has 0 saturated heterocycles. The first-order valence-corrected chi connectivity index (χ1v) is 8.05. The summed E-state index contributed by atoms with van der Waals surface area (Å²) in [7, 11) is 0. The number of anilines is 2. The molecule has 1 amide bonds. The van der Waals surface area contributed by atoms with Gasteiger partial charge in [-0.25, -0.2) is 8.78 Å². The average molecular weight is 357 g/mol. The molecule has 0 atom stereocenters. The van der Waals surface area contributed by atoms with E-state index in [4.69, 9.17) is 0 Å². The van der Waals surface area contributed by atoms with Crippen molar-refractivity contribution in [2.45, 2.75) is 19.9 Å². The summed E-state index contributed by atoms with van der Waals surface area (Å²) < 4.78 is 26.6. The van der Waals surface area contributed by atoms with E-state index in [2.05, 4.69) is 33.0 Å². The fourth-order valence-electron chi connectivity index (χ4n) is 2.36. The van der Waals surface area contributed by atoms with E-state index in [0.717, 1.165) is 24.2 Å². The number of nitrogens with zero attached hydrogens (tertiary/aromatic N) is 2. The van der Waals surface area contributed by atoms with Crippen LogP contribution in [0, 0.1) is 11.6 Å². The normalized spacial score (nSPS) is 10.6. The Morgan fingerprint density at radius 2 is 1.88 bits per heavy atom. The third kappa shape index (κ3) is 4.02. The van der Waals surface area contributed by atoms with Gasteiger partial charge in [-0.1, -0.05) is 25.1 Å². The Labute approximate surface area is 148 Å². The third-order valence-electron chi connectivity index (χ3n) is 3.84. The van der Waals surface area contributed by atoms with Crippen LogP contribution in [0.4, 0.5) is 20.3 Å². The molecule has 8 heteroatoms. The number of aromatic nitrogens is 3. The van der Waals surface area contributed by atoms with Crippen molar-refractivity contribution < 1.29 is 13.6 Å². The predicted octanol–water partition coefficient (Wildman–Crippen LogP) is 3.32. The van der Waals surface area contributed by atoms with E-state index in [1.54, 1.807) is 0 Å². The van der Waals surface area contributed by atoms with Crippen LogP contribution < -0.4 is 10.6 Å². The van der Waals surface area contributed by atoms with Crippen molar-refractivity contribution in [1.29, 1.82) is 0 Å². The van der Waals surface area contributed by atoms with E-state index in [0.29, 0.717) is 0 Å². The van der Waals surface area contributed by atoms with Gasteiger partial charge in [-0.2, -0.15) is 5.21 Å². The van der Waals surface area contributed by atoms with Crippen molar-refractivity contribution in [2.24, 2.45) is 0 Å². The van der Waals surface area contributed by atoms with E-state index >= 15 is 0 Å². The maximum Gasteiger partial charge on any atom is 0.275 e. The van der Waals surface area contributed by atoms with Gasteiger partial charge in [-0.15, -0.1) is 10.2 Å². The van der Waals surface area contributed by atoms with Gasteiger partial charge in [-0.3, -0.25) is 4.79 Å². The number of rotatable bonds is 6. The van der Waals surface area contributed by atoms with Crippen LogP contribution in [0.25, 0.3) is 0 Å². The first kappa shape index (κ1) is 17.5. The summed E-state index contributed by atoms with van der Waals surface area (Å²) in [5, 5.41) is 15.7. The average Bonchev–Trinajstić information content (AvgIpc) is 3.09. The van der Waals surface area contributed by atoms with Crippen molar-refractivity contribution in [3.8, 4) is 0 Å². The molecule has 1 heterocycles. The van der Waals surface area contributed by atoms with Crippen molar-refractivity contribution >= 4 is 17.4 Å². The van der Waals surface area contributed by atoms with Crippen molar-refractivity contribution in [3.63, 3.8) is 0 Å². The highest BCUT2D eigenvalue weighted by Gasteiger charge is 2.17. The quantitative estimate of drug-likeness (QED) is 0.632. The zero-order chi connectivity index (χ0) is 18.5. The van der Waals surface area contributed by atoms with Crippen LogP contribution in [0.2, 0.25) is 0 Å². The Morgan fingerprint density at radius 3 is 2.58 bits per heavy atom. The van der Waals surface area contributed by atoms with Gasteiger partial charge >= 0.3 is 0 Å². The Hall–Kier alpha value is -3.29. The molecule has 0 bridgehead atoms. The van der Waals surface area contributed by atoms with Crippen LogP contribution in [-0.2, 0) is 13.0 Å². The molecule has 0 aliphatic carbocycles. The van der Waals surface area contributed by atoms with Crippen LogP contribution in [0.3, 0.4) is 0 Å². The summed E-state index contributed by atoms with van der Waals surface area (Å²) in [5.74, 6) is -1.67. The largest absolute Gasteiger partial charge is 0.346 e. The number of amides is 1. The molecule has 0 spiro atoms. The topological polar surface area (TPSA) is 82.7 Å². The second-order valence-electron chi connectivity index (χ2n) is 5.61. The van der Waals surface area contributed by atoms with Crippen molar-refractivity contribution in [1.82, 2.24) is 20.7 Å². The molecule has 3 N–H and O–H groups in total. The molecule has 3 aromatic rings.